The number of nitro groups is 1. The standard InChI is InChI=1S/C12H9BrN2O5/c13-9-3-1-7(15(18)19)5-10(9)14-6-8-2-4-11(20-8)12(16)17/h1-5,14H,6H2,(H,16,17). The number of rotatable bonds is 5. The van der Waals surface area contributed by atoms with E-state index in [2.05, 4.69) is 21.2 Å². The Bertz CT molecular complexity index is 668. The Balaban J connectivity index is 2.11. The van der Waals surface area contributed by atoms with Crippen molar-refractivity contribution in [2.24, 2.45) is 0 Å². The smallest absolute Gasteiger partial charge is 0.371 e. The summed E-state index contributed by atoms with van der Waals surface area (Å²) in [6, 6.07) is 7.20. The molecule has 1 aromatic carbocycles. The van der Waals surface area contributed by atoms with Crippen LogP contribution in [0.25, 0.3) is 0 Å². The van der Waals surface area contributed by atoms with Gasteiger partial charge in [-0.2, -0.15) is 0 Å². The molecule has 0 spiro atoms. The highest BCUT2D eigenvalue weighted by Crippen LogP contribution is 2.27. The molecule has 0 amide bonds. The van der Waals surface area contributed by atoms with E-state index in [4.69, 9.17) is 9.52 Å². The van der Waals surface area contributed by atoms with Gasteiger partial charge in [-0.1, -0.05) is 0 Å². The lowest BCUT2D eigenvalue weighted by Crippen LogP contribution is -2.00. The van der Waals surface area contributed by atoms with Crippen LogP contribution in [0.2, 0.25) is 0 Å². The van der Waals surface area contributed by atoms with Gasteiger partial charge in [0.25, 0.3) is 5.69 Å². The van der Waals surface area contributed by atoms with Crippen molar-refractivity contribution >= 4 is 33.3 Å². The molecule has 0 aliphatic rings. The second kappa shape index (κ2) is 5.74. The lowest BCUT2D eigenvalue weighted by Gasteiger charge is -2.06. The van der Waals surface area contributed by atoms with Crippen molar-refractivity contribution < 1.29 is 19.2 Å². The van der Waals surface area contributed by atoms with Crippen LogP contribution < -0.4 is 5.32 Å². The monoisotopic (exact) mass is 340 g/mol. The van der Waals surface area contributed by atoms with Gasteiger partial charge in [0.05, 0.1) is 17.2 Å². The summed E-state index contributed by atoms with van der Waals surface area (Å²) < 4.78 is 5.73. The number of nitro benzene ring substituents is 1. The molecular formula is C12H9BrN2O5. The van der Waals surface area contributed by atoms with E-state index in [-0.39, 0.29) is 18.0 Å². The maximum absolute atomic E-state index is 10.7. The molecule has 0 saturated heterocycles. The van der Waals surface area contributed by atoms with Gasteiger partial charge in [0.2, 0.25) is 5.76 Å². The molecule has 0 unspecified atom stereocenters. The van der Waals surface area contributed by atoms with Crippen LogP contribution in [-0.4, -0.2) is 16.0 Å². The quantitative estimate of drug-likeness (QED) is 0.639. The van der Waals surface area contributed by atoms with Crippen LogP contribution in [0.15, 0.2) is 39.2 Å². The molecule has 0 atom stereocenters. The summed E-state index contributed by atoms with van der Waals surface area (Å²) in [5.74, 6) is -0.881. The van der Waals surface area contributed by atoms with Crippen molar-refractivity contribution in [2.75, 3.05) is 5.32 Å². The number of furan rings is 1. The van der Waals surface area contributed by atoms with E-state index >= 15 is 0 Å². The molecule has 1 aromatic heterocycles. The normalized spacial score (nSPS) is 10.2. The highest BCUT2D eigenvalue weighted by atomic mass is 79.9. The second-order valence-corrected chi connectivity index (χ2v) is 4.70. The van der Waals surface area contributed by atoms with Crippen LogP contribution in [0.1, 0.15) is 16.3 Å². The zero-order valence-corrected chi connectivity index (χ0v) is 11.6. The van der Waals surface area contributed by atoms with Gasteiger partial charge in [-0.3, -0.25) is 10.1 Å². The zero-order valence-electron chi connectivity index (χ0n) is 10.00. The number of hydrogen-bond donors (Lipinski definition) is 2. The number of carbonyl (C=O) groups is 1. The number of halogens is 1. The van der Waals surface area contributed by atoms with Crippen LogP contribution in [0, 0.1) is 10.1 Å². The van der Waals surface area contributed by atoms with Gasteiger partial charge in [0.15, 0.2) is 0 Å². The molecule has 0 bridgehead atoms. The molecule has 20 heavy (non-hydrogen) atoms. The molecule has 8 heteroatoms. The number of aromatic carboxylic acids is 1. The average Bonchev–Trinajstić information content (AvgIpc) is 2.86. The third-order valence-electron chi connectivity index (χ3n) is 2.49. The summed E-state index contributed by atoms with van der Waals surface area (Å²) in [6.07, 6.45) is 0. The Labute approximate surface area is 121 Å². The predicted molar refractivity (Wildman–Crippen MR) is 73.8 cm³/mol. The highest BCUT2D eigenvalue weighted by molar-refractivity contribution is 9.10. The molecule has 0 aliphatic carbocycles. The fourth-order valence-corrected chi connectivity index (χ4v) is 1.92. The fourth-order valence-electron chi connectivity index (χ4n) is 1.53. The van der Waals surface area contributed by atoms with Gasteiger partial charge < -0.3 is 14.8 Å². The average molecular weight is 341 g/mol. The first-order chi connectivity index (χ1) is 9.47. The summed E-state index contributed by atoms with van der Waals surface area (Å²) in [7, 11) is 0. The number of nitrogens with zero attached hydrogens (tertiary/aromatic N) is 1. The Morgan fingerprint density at radius 2 is 2.15 bits per heavy atom. The fraction of sp³-hybridized carbons (Fsp3) is 0.0833. The molecule has 104 valence electrons. The molecule has 0 saturated carbocycles. The van der Waals surface area contributed by atoms with Gasteiger partial charge in [-0.25, -0.2) is 4.79 Å². The van der Waals surface area contributed by atoms with Crippen molar-refractivity contribution in [1.82, 2.24) is 0 Å². The zero-order chi connectivity index (χ0) is 14.7. The SMILES string of the molecule is O=C(O)c1ccc(CNc2cc([N+](=O)[O-])ccc2Br)o1. The molecule has 0 fully saturated rings. The topological polar surface area (TPSA) is 106 Å². The van der Waals surface area contributed by atoms with Gasteiger partial charge in [-0.15, -0.1) is 0 Å². The lowest BCUT2D eigenvalue weighted by atomic mass is 10.3. The van der Waals surface area contributed by atoms with E-state index in [1.807, 2.05) is 0 Å². The van der Waals surface area contributed by atoms with Gasteiger partial charge >= 0.3 is 5.97 Å². The minimum atomic E-state index is -1.15. The summed E-state index contributed by atoms with van der Waals surface area (Å²) >= 11 is 3.27. The number of benzene rings is 1. The van der Waals surface area contributed by atoms with E-state index in [1.54, 1.807) is 6.07 Å². The maximum atomic E-state index is 10.7. The van der Waals surface area contributed by atoms with Crippen LogP contribution in [0.3, 0.4) is 0 Å². The van der Waals surface area contributed by atoms with Crippen molar-refractivity contribution in [3.63, 3.8) is 0 Å². The summed E-state index contributed by atoms with van der Waals surface area (Å²) in [5, 5.41) is 22.4. The summed E-state index contributed by atoms with van der Waals surface area (Å²) in [6.45, 7) is 0.215. The first-order valence-electron chi connectivity index (χ1n) is 5.47. The number of carboxylic acid groups (broad SMARTS) is 1. The Kier molecular flexibility index (Phi) is 4.04. The highest BCUT2D eigenvalue weighted by Gasteiger charge is 2.11. The first kappa shape index (κ1) is 14.1. The molecule has 2 aromatic rings. The number of non-ortho nitro benzene ring substituents is 1. The third-order valence-corrected chi connectivity index (χ3v) is 3.18. The molecule has 0 radical (unpaired) electrons. The molecule has 2 rings (SSSR count). The molecule has 2 N–H and O–H groups in total. The predicted octanol–water partition coefficient (Wildman–Crippen LogP) is 3.26. The van der Waals surface area contributed by atoms with Gasteiger partial charge in [0, 0.05) is 16.6 Å². The van der Waals surface area contributed by atoms with Crippen LogP contribution >= 0.6 is 15.9 Å². The minimum Gasteiger partial charge on any atom is -0.475 e. The lowest BCUT2D eigenvalue weighted by molar-refractivity contribution is -0.384. The Morgan fingerprint density at radius 3 is 2.75 bits per heavy atom. The van der Waals surface area contributed by atoms with Gasteiger partial charge in [0.1, 0.15) is 5.76 Å². The van der Waals surface area contributed by atoms with E-state index < -0.39 is 10.9 Å². The minimum absolute atomic E-state index is 0.0404. The largest absolute Gasteiger partial charge is 0.475 e. The van der Waals surface area contributed by atoms with Crippen molar-refractivity contribution in [1.29, 1.82) is 0 Å². The molecular weight excluding hydrogens is 332 g/mol. The molecule has 0 aliphatic heterocycles. The maximum Gasteiger partial charge on any atom is 0.371 e. The summed E-state index contributed by atoms with van der Waals surface area (Å²) in [5.41, 5.74) is 0.480. The van der Waals surface area contributed by atoms with E-state index in [9.17, 15) is 14.9 Å². The van der Waals surface area contributed by atoms with Crippen molar-refractivity contribution in [3.05, 3.63) is 56.4 Å². The van der Waals surface area contributed by atoms with Crippen LogP contribution in [0.5, 0.6) is 0 Å². The van der Waals surface area contributed by atoms with E-state index in [0.717, 1.165) is 0 Å². The first-order valence-corrected chi connectivity index (χ1v) is 6.26. The Hall–Kier alpha value is -2.35. The summed E-state index contributed by atoms with van der Waals surface area (Å²) in [4.78, 5) is 20.9. The van der Waals surface area contributed by atoms with E-state index in [0.29, 0.717) is 15.9 Å². The number of hydrogen-bond acceptors (Lipinski definition) is 5. The molecule has 1 heterocycles. The van der Waals surface area contributed by atoms with Crippen LogP contribution in [0.4, 0.5) is 11.4 Å². The van der Waals surface area contributed by atoms with E-state index in [1.165, 1.54) is 24.3 Å². The third kappa shape index (κ3) is 3.15. The number of nitrogens with one attached hydrogen (secondary N) is 1. The van der Waals surface area contributed by atoms with Gasteiger partial charge in [-0.05, 0) is 34.1 Å². The second-order valence-electron chi connectivity index (χ2n) is 3.85. The van der Waals surface area contributed by atoms with Crippen molar-refractivity contribution in [3.8, 4) is 0 Å². The van der Waals surface area contributed by atoms with Crippen LogP contribution in [-0.2, 0) is 6.54 Å². The number of carboxylic acids is 1. The Morgan fingerprint density at radius 1 is 1.40 bits per heavy atom. The molecule has 7 nitrogen and oxygen atoms in total. The van der Waals surface area contributed by atoms with Crippen molar-refractivity contribution in [2.45, 2.75) is 6.54 Å². The number of anilines is 1.